The van der Waals surface area contributed by atoms with E-state index in [4.69, 9.17) is 33.0 Å². The predicted octanol–water partition coefficient (Wildman–Crippen LogP) is 7.36. The summed E-state index contributed by atoms with van der Waals surface area (Å²) in [4.78, 5) is 0. The summed E-state index contributed by atoms with van der Waals surface area (Å²) in [5, 5.41) is 8.19. The quantitative estimate of drug-likeness (QED) is 0.428. The second-order valence-corrected chi connectivity index (χ2v) is 8.95. The van der Waals surface area contributed by atoms with Crippen LogP contribution in [0.5, 0.6) is 5.75 Å². The number of hydrogen-bond acceptors (Lipinski definition) is 3. The number of hydrazone groups is 1. The van der Waals surface area contributed by atoms with Gasteiger partial charge in [0.25, 0.3) is 0 Å². The first-order chi connectivity index (χ1) is 14.5. The minimum Gasteiger partial charge on any atom is -0.463 e. The van der Waals surface area contributed by atoms with E-state index >= 15 is 0 Å². The summed E-state index contributed by atoms with van der Waals surface area (Å²) >= 11 is 12.9. The summed E-state index contributed by atoms with van der Waals surface area (Å²) in [6.45, 7) is 4.39. The average Bonchev–Trinajstić information content (AvgIpc) is 3.20. The molecule has 0 radical (unpaired) electrons. The van der Waals surface area contributed by atoms with Crippen molar-refractivity contribution in [3.05, 3.63) is 99.0 Å². The molecule has 30 heavy (non-hydrogen) atoms. The highest BCUT2D eigenvalue weighted by Crippen LogP contribution is 2.50. The van der Waals surface area contributed by atoms with Crippen LogP contribution < -0.4 is 4.74 Å². The molecule has 2 aliphatic heterocycles. The SMILES string of the molecule is CC(C)c1ccc([C@H]2Oc3c(Cl)cc(Cl)cc3[C@H]3CC(c4ccccc4)=NN32)cc1. The molecule has 5 rings (SSSR count). The van der Waals surface area contributed by atoms with E-state index in [-0.39, 0.29) is 12.3 Å². The van der Waals surface area contributed by atoms with Crippen molar-refractivity contribution in [1.29, 1.82) is 0 Å². The zero-order valence-corrected chi connectivity index (χ0v) is 18.4. The van der Waals surface area contributed by atoms with E-state index in [2.05, 4.69) is 55.3 Å². The summed E-state index contributed by atoms with van der Waals surface area (Å²) in [5.41, 5.74) is 5.50. The van der Waals surface area contributed by atoms with Gasteiger partial charge in [-0.1, -0.05) is 91.6 Å². The normalized spacial score (nSPS) is 19.9. The van der Waals surface area contributed by atoms with Gasteiger partial charge in [-0.25, -0.2) is 5.01 Å². The lowest BCUT2D eigenvalue weighted by atomic mass is 9.95. The topological polar surface area (TPSA) is 24.8 Å². The molecule has 0 aliphatic carbocycles. The largest absolute Gasteiger partial charge is 0.463 e. The van der Waals surface area contributed by atoms with E-state index in [1.165, 1.54) is 5.56 Å². The summed E-state index contributed by atoms with van der Waals surface area (Å²) in [6.07, 6.45) is 0.432. The third-order valence-electron chi connectivity index (χ3n) is 5.80. The van der Waals surface area contributed by atoms with Gasteiger partial charge >= 0.3 is 0 Å². The van der Waals surface area contributed by atoms with E-state index in [0.29, 0.717) is 21.7 Å². The fraction of sp³-hybridized carbons (Fsp3) is 0.240. The van der Waals surface area contributed by atoms with Crippen molar-refractivity contribution in [1.82, 2.24) is 5.01 Å². The lowest BCUT2D eigenvalue weighted by molar-refractivity contribution is -0.0189. The molecule has 2 atom stereocenters. The number of rotatable bonds is 3. The first kappa shape index (κ1) is 19.5. The van der Waals surface area contributed by atoms with Crippen LogP contribution >= 0.6 is 23.2 Å². The number of ether oxygens (including phenoxy) is 1. The van der Waals surface area contributed by atoms with Crippen molar-refractivity contribution in [2.24, 2.45) is 5.10 Å². The second kappa shape index (κ2) is 7.64. The number of benzene rings is 3. The molecular formula is C25H22Cl2N2O. The van der Waals surface area contributed by atoms with Crippen molar-refractivity contribution in [2.75, 3.05) is 0 Å². The van der Waals surface area contributed by atoms with Gasteiger partial charge in [-0.05, 0) is 29.2 Å². The Labute approximate surface area is 186 Å². The van der Waals surface area contributed by atoms with Gasteiger partial charge in [0.1, 0.15) is 5.75 Å². The first-order valence-electron chi connectivity index (χ1n) is 10.2. The molecule has 0 N–H and O–H groups in total. The Morgan fingerprint density at radius 1 is 1.00 bits per heavy atom. The molecule has 5 heteroatoms. The maximum absolute atomic E-state index is 6.55. The van der Waals surface area contributed by atoms with Crippen LogP contribution in [0.3, 0.4) is 0 Å². The van der Waals surface area contributed by atoms with Crippen LogP contribution in [0, 0.1) is 0 Å². The van der Waals surface area contributed by atoms with Crippen LogP contribution in [-0.2, 0) is 0 Å². The number of hydrogen-bond donors (Lipinski definition) is 0. The monoisotopic (exact) mass is 436 g/mol. The minimum atomic E-state index is -0.344. The molecule has 152 valence electrons. The third-order valence-corrected chi connectivity index (χ3v) is 6.30. The van der Waals surface area contributed by atoms with Crippen LogP contribution in [0.25, 0.3) is 0 Å². The van der Waals surface area contributed by atoms with Gasteiger partial charge in [-0.3, -0.25) is 0 Å². The highest BCUT2D eigenvalue weighted by Gasteiger charge is 2.42. The molecule has 0 saturated heterocycles. The Bertz CT molecular complexity index is 1110. The lowest BCUT2D eigenvalue weighted by Gasteiger charge is -2.38. The number of halogens is 2. The van der Waals surface area contributed by atoms with Gasteiger partial charge in [0.2, 0.25) is 6.23 Å². The van der Waals surface area contributed by atoms with Crippen LogP contribution in [0.2, 0.25) is 10.0 Å². The van der Waals surface area contributed by atoms with Gasteiger partial charge < -0.3 is 4.74 Å². The Morgan fingerprint density at radius 2 is 1.73 bits per heavy atom. The van der Waals surface area contributed by atoms with E-state index in [0.717, 1.165) is 28.8 Å². The van der Waals surface area contributed by atoms with Gasteiger partial charge in [-0.15, -0.1) is 0 Å². The van der Waals surface area contributed by atoms with Crippen LogP contribution in [0.15, 0.2) is 71.8 Å². The summed E-state index contributed by atoms with van der Waals surface area (Å²) < 4.78 is 6.43. The zero-order valence-electron chi connectivity index (χ0n) is 16.8. The maximum Gasteiger partial charge on any atom is 0.213 e. The maximum atomic E-state index is 6.55. The van der Waals surface area contributed by atoms with Crippen molar-refractivity contribution >= 4 is 28.9 Å². The Hall–Kier alpha value is -2.49. The number of nitrogens with zero attached hydrogens (tertiary/aromatic N) is 2. The number of fused-ring (bicyclic) bond motifs is 3. The van der Waals surface area contributed by atoms with Crippen LogP contribution in [-0.4, -0.2) is 10.7 Å². The highest BCUT2D eigenvalue weighted by molar-refractivity contribution is 6.35. The molecule has 3 aromatic rings. The molecule has 2 aliphatic rings. The Kier molecular flexibility index (Phi) is 4.96. The standard InChI is InChI=1S/C25H22Cl2N2O/c1-15(2)16-8-10-18(11-9-16)25-29-23(14-22(28-29)17-6-4-3-5-7-17)20-12-19(26)13-21(27)24(20)30-25/h3-13,15,23,25H,14H2,1-2H3/t23-,25-/m1/s1. The Balaban J connectivity index is 1.60. The van der Waals surface area contributed by atoms with Gasteiger partial charge in [0.05, 0.1) is 16.8 Å². The van der Waals surface area contributed by atoms with E-state index in [9.17, 15) is 0 Å². The molecule has 0 aromatic heterocycles. The third kappa shape index (κ3) is 3.36. The zero-order chi connectivity index (χ0) is 20.8. The molecular weight excluding hydrogens is 415 g/mol. The molecule has 2 heterocycles. The van der Waals surface area contributed by atoms with Crippen LogP contribution in [0.4, 0.5) is 0 Å². The molecule has 0 saturated carbocycles. The molecule has 0 fully saturated rings. The van der Waals surface area contributed by atoms with E-state index in [1.807, 2.05) is 24.3 Å². The highest BCUT2D eigenvalue weighted by atomic mass is 35.5. The Morgan fingerprint density at radius 3 is 2.43 bits per heavy atom. The first-order valence-corrected chi connectivity index (χ1v) is 10.9. The summed E-state index contributed by atoms with van der Waals surface area (Å²) in [5.74, 6) is 1.18. The lowest BCUT2D eigenvalue weighted by Crippen LogP contribution is -2.33. The van der Waals surface area contributed by atoms with Gasteiger partial charge in [0.15, 0.2) is 0 Å². The smallest absolute Gasteiger partial charge is 0.213 e. The van der Waals surface area contributed by atoms with Crippen molar-refractivity contribution in [2.45, 2.75) is 38.5 Å². The summed E-state index contributed by atoms with van der Waals surface area (Å²) in [7, 11) is 0. The molecule has 0 spiro atoms. The predicted molar refractivity (Wildman–Crippen MR) is 123 cm³/mol. The van der Waals surface area contributed by atoms with Crippen molar-refractivity contribution in [3.63, 3.8) is 0 Å². The molecule has 0 unspecified atom stereocenters. The fourth-order valence-electron chi connectivity index (χ4n) is 4.19. The second-order valence-electron chi connectivity index (χ2n) is 8.11. The van der Waals surface area contributed by atoms with Crippen molar-refractivity contribution in [3.8, 4) is 5.75 Å². The van der Waals surface area contributed by atoms with Crippen molar-refractivity contribution < 1.29 is 4.74 Å². The minimum absolute atomic E-state index is 0.0231. The van der Waals surface area contributed by atoms with Crippen LogP contribution in [0.1, 0.15) is 60.7 Å². The molecule has 0 bridgehead atoms. The van der Waals surface area contributed by atoms with Gasteiger partial charge in [0, 0.05) is 22.6 Å². The molecule has 3 nitrogen and oxygen atoms in total. The van der Waals surface area contributed by atoms with Gasteiger partial charge in [-0.2, -0.15) is 5.10 Å². The van der Waals surface area contributed by atoms with E-state index < -0.39 is 0 Å². The summed E-state index contributed by atoms with van der Waals surface area (Å²) in [6, 6.07) is 22.6. The average molecular weight is 437 g/mol. The van der Waals surface area contributed by atoms with E-state index in [1.54, 1.807) is 6.07 Å². The fourth-order valence-corrected chi connectivity index (χ4v) is 4.74. The molecule has 0 amide bonds. The molecule has 3 aromatic carbocycles.